The molecule has 0 saturated heterocycles. The van der Waals surface area contributed by atoms with Gasteiger partial charge in [-0.3, -0.25) is 4.79 Å². The second kappa shape index (κ2) is 5.64. The van der Waals surface area contributed by atoms with Crippen LogP contribution < -0.4 is 4.72 Å². The van der Waals surface area contributed by atoms with Gasteiger partial charge in [0.2, 0.25) is 10.0 Å². The largest absolute Gasteiger partial charge is 0.468 e. The first-order valence-corrected chi connectivity index (χ1v) is 6.69. The normalized spacial score (nSPS) is 13.1. The first-order valence-electron chi connectivity index (χ1n) is 4.83. The molecule has 0 radical (unpaired) electrons. The van der Waals surface area contributed by atoms with E-state index in [1.165, 1.54) is 6.92 Å². The Labute approximate surface area is 109 Å². The van der Waals surface area contributed by atoms with Gasteiger partial charge in [0, 0.05) is 0 Å². The highest BCUT2D eigenvalue weighted by atomic mass is 35.5. The number of hydrogen-bond donors (Lipinski definition) is 1. The molecule has 0 spiro atoms. The highest BCUT2D eigenvalue weighted by molar-refractivity contribution is 7.89. The molecule has 1 aromatic rings. The number of esters is 1. The van der Waals surface area contributed by atoms with Crippen LogP contribution in [0.15, 0.2) is 23.1 Å². The van der Waals surface area contributed by atoms with Gasteiger partial charge in [-0.1, -0.05) is 11.6 Å². The highest BCUT2D eigenvalue weighted by Crippen LogP contribution is 2.22. The summed E-state index contributed by atoms with van der Waals surface area (Å²) in [5.74, 6) is -1.39. The molecule has 0 fully saturated rings. The van der Waals surface area contributed by atoms with Crippen LogP contribution in [0, 0.1) is 5.82 Å². The molecule has 0 saturated carbocycles. The van der Waals surface area contributed by atoms with Crippen molar-refractivity contribution in [2.24, 2.45) is 0 Å². The van der Waals surface area contributed by atoms with Crippen molar-refractivity contribution >= 4 is 27.6 Å². The molecular weight excluding hydrogens is 285 g/mol. The molecule has 0 aromatic heterocycles. The summed E-state index contributed by atoms with van der Waals surface area (Å²) in [7, 11) is -2.87. The van der Waals surface area contributed by atoms with Crippen molar-refractivity contribution in [3.05, 3.63) is 29.0 Å². The van der Waals surface area contributed by atoms with E-state index in [1.807, 2.05) is 0 Å². The number of carbonyl (C=O) groups is 1. The quantitative estimate of drug-likeness (QED) is 0.850. The van der Waals surface area contributed by atoms with Crippen molar-refractivity contribution in [1.29, 1.82) is 0 Å². The van der Waals surface area contributed by atoms with Crippen LogP contribution in [0.5, 0.6) is 0 Å². The SMILES string of the molecule is COC(=O)C(C)NS(=O)(=O)c1ccc(F)cc1Cl. The third kappa shape index (κ3) is 3.41. The van der Waals surface area contributed by atoms with Crippen LogP contribution >= 0.6 is 11.6 Å². The molecule has 0 aliphatic heterocycles. The summed E-state index contributed by atoms with van der Waals surface area (Å²) >= 11 is 5.64. The lowest BCUT2D eigenvalue weighted by Crippen LogP contribution is -2.39. The van der Waals surface area contributed by atoms with Gasteiger partial charge in [-0.15, -0.1) is 0 Å². The number of hydrogen-bond acceptors (Lipinski definition) is 4. The average Bonchev–Trinajstić information content (AvgIpc) is 2.26. The molecule has 1 unspecified atom stereocenters. The Balaban J connectivity index is 3.04. The Morgan fingerprint density at radius 1 is 1.50 bits per heavy atom. The molecule has 1 rings (SSSR count). The molecule has 8 heteroatoms. The topological polar surface area (TPSA) is 72.5 Å². The summed E-state index contributed by atoms with van der Waals surface area (Å²) < 4.78 is 43.0. The number of ether oxygens (including phenoxy) is 1. The van der Waals surface area contributed by atoms with E-state index in [1.54, 1.807) is 0 Å². The van der Waals surface area contributed by atoms with E-state index in [2.05, 4.69) is 9.46 Å². The van der Waals surface area contributed by atoms with Crippen LogP contribution in [-0.4, -0.2) is 27.5 Å². The molecule has 0 amide bonds. The van der Waals surface area contributed by atoms with Crippen molar-refractivity contribution in [3.8, 4) is 0 Å². The minimum atomic E-state index is -4.01. The first kappa shape index (κ1) is 14.9. The van der Waals surface area contributed by atoms with E-state index in [0.717, 1.165) is 25.3 Å². The lowest BCUT2D eigenvalue weighted by Gasteiger charge is -2.12. The molecule has 0 aliphatic carbocycles. The van der Waals surface area contributed by atoms with Crippen molar-refractivity contribution in [1.82, 2.24) is 4.72 Å². The van der Waals surface area contributed by atoms with Gasteiger partial charge in [-0.2, -0.15) is 4.72 Å². The van der Waals surface area contributed by atoms with Crippen LogP contribution in [0.1, 0.15) is 6.92 Å². The van der Waals surface area contributed by atoms with Crippen LogP contribution in [0.3, 0.4) is 0 Å². The van der Waals surface area contributed by atoms with E-state index in [0.29, 0.717) is 0 Å². The molecule has 18 heavy (non-hydrogen) atoms. The maximum atomic E-state index is 12.8. The number of halogens is 2. The predicted molar refractivity (Wildman–Crippen MR) is 63.2 cm³/mol. The van der Waals surface area contributed by atoms with E-state index < -0.39 is 27.9 Å². The Bertz CT molecular complexity index is 561. The van der Waals surface area contributed by atoms with Crippen molar-refractivity contribution in [2.75, 3.05) is 7.11 Å². The third-order valence-electron chi connectivity index (χ3n) is 2.07. The van der Waals surface area contributed by atoms with Gasteiger partial charge in [0.25, 0.3) is 0 Å². The van der Waals surface area contributed by atoms with Crippen molar-refractivity contribution in [2.45, 2.75) is 17.9 Å². The van der Waals surface area contributed by atoms with Crippen LogP contribution in [0.4, 0.5) is 4.39 Å². The zero-order valence-corrected chi connectivity index (χ0v) is 11.2. The van der Waals surface area contributed by atoms with Crippen molar-refractivity contribution < 1.29 is 22.3 Å². The molecule has 1 atom stereocenters. The minimum absolute atomic E-state index is 0.264. The molecule has 1 N–H and O–H groups in total. The fourth-order valence-corrected chi connectivity index (χ4v) is 2.94. The standard InChI is InChI=1S/C10H11ClFNO4S/c1-6(10(14)17-2)13-18(15,16)9-4-3-7(12)5-8(9)11/h3-6,13H,1-2H3. The summed E-state index contributed by atoms with van der Waals surface area (Å²) in [5, 5.41) is -0.264. The Kier molecular flexibility index (Phi) is 4.66. The molecule has 1 aromatic carbocycles. The second-order valence-electron chi connectivity index (χ2n) is 3.44. The maximum Gasteiger partial charge on any atom is 0.323 e. The van der Waals surface area contributed by atoms with Crippen LogP contribution in [-0.2, 0) is 19.6 Å². The van der Waals surface area contributed by atoms with Gasteiger partial charge in [-0.25, -0.2) is 12.8 Å². The molecule has 0 aliphatic rings. The number of methoxy groups -OCH3 is 1. The monoisotopic (exact) mass is 295 g/mol. The number of benzene rings is 1. The molecule has 0 bridgehead atoms. The smallest absolute Gasteiger partial charge is 0.323 e. The Morgan fingerprint density at radius 2 is 2.11 bits per heavy atom. The summed E-state index contributed by atoms with van der Waals surface area (Å²) in [6.07, 6.45) is 0. The third-order valence-corrected chi connectivity index (χ3v) is 4.09. The van der Waals surface area contributed by atoms with Crippen LogP contribution in [0.25, 0.3) is 0 Å². The second-order valence-corrected chi connectivity index (χ2v) is 5.53. The highest BCUT2D eigenvalue weighted by Gasteiger charge is 2.24. The summed E-state index contributed by atoms with van der Waals surface area (Å²) in [6, 6.07) is 1.78. The lowest BCUT2D eigenvalue weighted by molar-refractivity contribution is -0.142. The molecule has 5 nitrogen and oxygen atoms in total. The van der Waals surface area contributed by atoms with E-state index in [-0.39, 0.29) is 9.92 Å². The maximum absolute atomic E-state index is 12.8. The summed E-state index contributed by atoms with van der Waals surface area (Å²) in [4.78, 5) is 10.8. The molecule has 0 heterocycles. The van der Waals surface area contributed by atoms with E-state index in [9.17, 15) is 17.6 Å². The van der Waals surface area contributed by atoms with Gasteiger partial charge < -0.3 is 4.74 Å². The minimum Gasteiger partial charge on any atom is -0.468 e. The molecular formula is C10H11ClFNO4S. The Hall–Kier alpha value is -1.18. The first-order chi connectivity index (χ1) is 8.27. The number of sulfonamides is 1. The van der Waals surface area contributed by atoms with Gasteiger partial charge in [-0.05, 0) is 25.1 Å². The van der Waals surface area contributed by atoms with E-state index in [4.69, 9.17) is 11.6 Å². The lowest BCUT2D eigenvalue weighted by atomic mass is 10.3. The zero-order chi connectivity index (χ0) is 13.9. The number of nitrogens with one attached hydrogen (secondary N) is 1. The van der Waals surface area contributed by atoms with Gasteiger partial charge in [0.05, 0.1) is 12.1 Å². The van der Waals surface area contributed by atoms with Crippen LogP contribution in [0.2, 0.25) is 5.02 Å². The fourth-order valence-electron chi connectivity index (χ4n) is 1.21. The average molecular weight is 296 g/mol. The van der Waals surface area contributed by atoms with Gasteiger partial charge >= 0.3 is 5.97 Å². The van der Waals surface area contributed by atoms with Crippen molar-refractivity contribution in [3.63, 3.8) is 0 Å². The number of carbonyl (C=O) groups excluding carboxylic acids is 1. The number of rotatable bonds is 4. The van der Waals surface area contributed by atoms with Gasteiger partial charge in [0.15, 0.2) is 0 Å². The van der Waals surface area contributed by atoms with Gasteiger partial charge in [0.1, 0.15) is 16.8 Å². The Morgan fingerprint density at radius 3 is 2.61 bits per heavy atom. The summed E-state index contributed by atoms with van der Waals surface area (Å²) in [6.45, 7) is 1.32. The predicted octanol–water partition coefficient (Wildman–Crippen LogP) is 1.32. The molecule has 100 valence electrons. The fraction of sp³-hybridized carbons (Fsp3) is 0.300. The zero-order valence-electron chi connectivity index (χ0n) is 9.61. The summed E-state index contributed by atoms with van der Waals surface area (Å²) in [5.41, 5.74) is 0. The van der Waals surface area contributed by atoms with E-state index >= 15 is 0 Å².